The van der Waals surface area contributed by atoms with Crippen LogP contribution in [0.5, 0.6) is 0 Å². The molecular weight excluding hydrogens is 474 g/mol. The van der Waals surface area contributed by atoms with Crippen molar-refractivity contribution < 1.29 is 18.0 Å². The minimum Gasteiger partial charge on any atom is -0.352 e. The van der Waals surface area contributed by atoms with Gasteiger partial charge in [0.1, 0.15) is 12.6 Å². The number of amides is 2. The first-order valence-corrected chi connectivity index (χ1v) is 13.4. The fraction of sp³-hybridized carbons (Fsp3) is 0.286. The Hall–Kier alpha value is -3.65. The molecule has 0 radical (unpaired) electrons. The van der Waals surface area contributed by atoms with Crippen molar-refractivity contribution >= 4 is 27.5 Å². The molecule has 7 nitrogen and oxygen atoms in total. The Labute approximate surface area is 213 Å². The van der Waals surface area contributed by atoms with Crippen molar-refractivity contribution in [2.45, 2.75) is 44.2 Å². The molecule has 0 unspecified atom stereocenters. The molecule has 0 fully saturated rings. The van der Waals surface area contributed by atoms with Crippen LogP contribution >= 0.6 is 0 Å². The summed E-state index contributed by atoms with van der Waals surface area (Å²) < 4.78 is 28.3. The van der Waals surface area contributed by atoms with Gasteiger partial charge in [-0.25, -0.2) is 8.42 Å². The predicted molar refractivity (Wildman–Crippen MR) is 142 cm³/mol. The molecule has 1 N–H and O–H groups in total. The molecule has 8 heteroatoms. The molecule has 0 aromatic heterocycles. The molecule has 0 saturated heterocycles. The van der Waals surface area contributed by atoms with E-state index >= 15 is 0 Å². The molecule has 3 rings (SSSR count). The van der Waals surface area contributed by atoms with Crippen molar-refractivity contribution in [3.05, 3.63) is 96.6 Å². The van der Waals surface area contributed by atoms with E-state index in [1.165, 1.54) is 17.0 Å². The van der Waals surface area contributed by atoms with E-state index in [2.05, 4.69) is 5.32 Å². The maximum atomic E-state index is 13.7. The first kappa shape index (κ1) is 26.9. The van der Waals surface area contributed by atoms with Crippen LogP contribution in [-0.4, -0.2) is 50.3 Å². The number of rotatable bonds is 11. The standard InChI is InChI=1S/C28H33N3O4S/c1-22(2)29-28(33)23(3)30(20-19-24-13-7-4-8-14-24)27(32)21-31(25-15-9-5-10-16-25)36(34,35)26-17-11-6-12-18-26/h4-18,22-23H,19-21H2,1-3H3,(H,29,33)/t23-/m1/s1. The van der Waals surface area contributed by atoms with E-state index in [0.717, 1.165) is 9.87 Å². The Morgan fingerprint density at radius 1 is 0.806 bits per heavy atom. The largest absolute Gasteiger partial charge is 0.352 e. The third-order valence-corrected chi connectivity index (χ3v) is 7.52. The molecule has 0 bridgehead atoms. The molecular formula is C28H33N3O4S. The van der Waals surface area contributed by atoms with Gasteiger partial charge < -0.3 is 10.2 Å². The number of para-hydroxylation sites is 1. The third-order valence-electron chi connectivity index (χ3n) is 5.74. The molecule has 0 heterocycles. The van der Waals surface area contributed by atoms with Gasteiger partial charge in [0.2, 0.25) is 11.8 Å². The number of sulfonamides is 1. The zero-order valence-corrected chi connectivity index (χ0v) is 21.7. The van der Waals surface area contributed by atoms with Crippen LogP contribution in [0.25, 0.3) is 0 Å². The minimum atomic E-state index is -4.03. The van der Waals surface area contributed by atoms with E-state index in [-0.39, 0.29) is 23.4 Å². The van der Waals surface area contributed by atoms with Gasteiger partial charge in [-0.1, -0.05) is 66.7 Å². The van der Waals surface area contributed by atoms with Crippen LogP contribution in [0, 0.1) is 0 Å². The number of hydrogen-bond donors (Lipinski definition) is 1. The number of anilines is 1. The number of carbonyl (C=O) groups is 2. The van der Waals surface area contributed by atoms with Crippen LogP contribution in [0.2, 0.25) is 0 Å². The van der Waals surface area contributed by atoms with E-state index in [1.807, 2.05) is 44.2 Å². The van der Waals surface area contributed by atoms with E-state index < -0.39 is 28.5 Å². The van der Waals surface area contributed by atoms with Crippen molar-refractivity contribution in [3.63, 3.8) is 0 Å². The lowest BCUT2D eigenvalue weighted by molar-refractivity contribution is -0.139. The lowest BCUT2D eigenvalue weighted by atomic mass is 10.1. The molecule has 190 valence electrons. The predicted octanol–water partition coefficient (Wildman–Crippen LogP) is 3.87. The van der Waals surface area contributed by atoms with Gasteiger partial charge in [0, 0.05) is 12.6 Å². The molecule has 36 heavy (non-hydrogen) atoms. The highest BCUT2D eigenvalue weighted by molar-refractivity contribution is 7.92. The van der Waals surface area contributed by atoms with Crippen LogP contribution in [-0.2, 0) is 26.0 Å². The lowest BCUT2D eigenvalue weighted by Crippen LogP contribution is -2.53. The molecule has 0 saturated carbocycles. The fourth-order valence-corrected chi connectivity index (χ4v) is 5.25. The highest BCUT2D eigenvalue weighted by Gasteiger charge is 2.32. The van der Waals surface area contributed by atoms with E-state index in [1.54, 1.807) is 55.5 Å². The summed E-state index contributed by atoms with van der Waals surface area (Å²) >= 11 is 0. The molecule has 0 spiro atoms. The summed E-state index contributed by atoms with van der Waals surface area (Å²) in [5.41, 5.74) is 1.39. The second-order valence-corrected chi connectivity index (χ2v) is 10.7. The van der Waals surface area contributed by atoms with Crippen molar-refractivity contribution in [2.24, 2.45) is 0 Å². The first-order chi connectivity index (χ1) is 17.2. The maximum absolute atomic E-state index is 13.7. The SMILES string of the molecule is CC(C)NC(=O)[C@@H](C)N(CCc1ccccc1)C(=O)CN(c1ccccc1)S(=O)(=O)c1ccccc1. The summed E-state index contributed by atoms with van der Waals surface area (Å²) in [6.45, 7) is 5.20. The summed E-state index contributed by atoms with van der Waals surface area (Å²) in [4.78, 5) is 28.1. The van der Waals surface area contributed by atoms with Gasteiger partial charge in [-0.05, 0) is 57.0 Å². The number of benzene rings is 3. The van der Waals surface area contributed by atoms with Crippen molar-refractivity contribution in [2.75, 3.05) is 17.4 Å². The van der Waals surface area contributed by atoms with Crippen LogP contribution in [0.15, 0.2) is 95.9 Å². The van der Waals surface area contributed by atoms with Crippen LogP contribution in [0.1, 0.15) is 26.3 Å². The molecule has 3 aromatic rings. The highest BCUT2D eigenvalue weighted by Crippen LogP contribution is 2.24. The van der Waals surface area contributed by atoms with Crippen molar-refractivity contribution in [1.29, 1.82) is 0 Å². The van der Waals surface area contributed by atoms with Gasteiger partial charge in [0.05, 0.1) is 10.6 Å². The van der Waals surface area contributed by atoms with Crippen LogP contribution in [0.4, 0.5) is 5.69 Å². The van der Waals surface area contributed by atoms with Gasteiger partial charge in [0.15, 0.2) is 0 Å². The summed E-state index contributed by atoms with van der Waals surface area (Å²) in [6, 6.07) is 25.3. The molecule has 2 amide bonds. The van der Waals surface area contributed by atoms with Gasteiger partial charge in [-0.3, -0.25) is 13.9 Å². The Balaban J connectivity index is 1.93. The zero-order valence-electron chi connectivity index (χ0n) is 20.9. The van der Waals surface area contributed by atoms with Gasteiger partial charge in [-0.2, -0.15) is 0 Å². The monoisotopic (exact) mass is 507 g/mol. The summed E-state index contributed by atoms with van der Waals surface area (Å²) in [6.07, 6.45) is 0.530. The Morgan fingerprint density at radius 2 is 1.33 bits per heavy atom. The lowest BCUT2D eigenvalue weighted by Gasteiger charge is -2.32. The zero-order chi connectivity index (χ0) is 26.1. The van der Waals surface area contributed by atoms with Crippen LogP contribution < -0.4 is 9.62 Å². The van der Waals surface area contributed by atoms with Gasteiger partial charge in [0.25, 0.3) is 10.0 Å². The van der Waals surface area contributed by atoms with E-state index in [0.29, 0.717) is 12.1 Å². The smallest absolute Gasteiger partial charge is 0.264 e. The Morgan fingerprint density at radius 3 is 1.89 bits per heavy atom. The quantitative estimate of drug-likeness (QED) is 0.427. The number of nitrogens with one attached hydrogen (secondary N) is 1. The molecule has 0 aliphatic carbocycles. The van der Waals surface area contributed by atoms with E-state index in [9.17, 15) is 18.0 Å². The van der Waals surface area contributed by atoms with Crippen molar-refractivity contribution in [1.82, 2.24) is 10.2 Å². The number of hydrogen-bond acceptors (Lipinski definition) is 4. The minimum absolute atomic E-state index is 0.0862. The van der Waals surface area contributed by atoms with Gasteiger partial charge >= 0.3 is 0 Å². The first-order valence-electron chi connectivity index (χ1n) is 12.0. The summed E-state index contributed by atoms with van der Waals surface area (Å²) in [5.74, 6) is -0.746. The molecule has 0 aliphatic rings. The van der Waals surface area contributed by atoms with Gasteiger partial charge in [-0.15, -0.1) is 0 Å². The maximum Gasteiger partial charge on any atom is 0.264 e. The average molecular weight is 508 g/mol. The summed E-state index contributed by atoms with van der Waals surface area (Å²) in [7, 11) is -4.03. The second kappa shape index (κ2) is 12.4. The number of nitrogens with zero attached hydrogens (tertiary/aromatic N) is 2. The normalized spacial score (nSPS) is 12.1. The Bertz CT molecular complexity index is 1230. The highest BCUT2D eigenvalue weighted by atomic mass is 32.2. The number of carbonyl (C=O) groups excluding carboxylic acids is 2. The molecule has 1 atom stereocenters. The second-order valence-electron chi connectivity index (χ2n) is 8.82. The third kappa shape index (κ3) is 6.95. The topological polar surface area (TPSA) is 86.8 Å². The molecule has 3 aromatic carbocycles. The van der Waals surface area contributed by atoms with Crippen molar-refractivity contribution in [3.8, 4) is 0 Å². The molecule has 0 aliphatic heterocycles. The summed E-state index contributed by atoms with van der Waals surface area (Å²) in [5, 5.41) is 2.85. The van der Waals surface area contributed by atoms with Crippen LogP contribution in [0.3, 0.4) is 0 Å². The van der Waals surface area contributed by atoms with E-state index in [4.69, 9.17) is 0 Å². The fourth-order valence-electron chi connectivity index (χ4n) is 3.82. The Kier molecular flexibility index (Phi) is 9.25. The average Bonchev–Trinajstić information content (AvgIpc) is 2.88.